The lowest BCUT2D eigenvalue weighted by molar-refractivity contribution is -0.131. The molecule has 1 rings (SSSR count). The fraction of sp³-hybridized carbons (Fsp3) is 0.231. The van der Waals surface area contributed by atoms with Crippen LogP contribution in [0, 0.1) is 0 Å². The summed E-state index contributed by atoms with van der Waals surface area (Å²) in [4.78, 5) is 21.7. The van der Waals surface area contributed by atoms with Gasteiger partial charge >= 0.3 is 5.97 Å². The number of hydrogen-bond donors (Lipinski definition) is 3. The van der Waals surface area contributed by atoms with Gasteiger partial charge in [-0.15, -0.1) is 0 Å². The predicted molar refractivity (Wildman–Crippen MR) is 70.3 cm³/mol. The number of likely N-dealkylation sites (N-methyl/N-ethyl adjacent to an activating group) is 1. The highest BCUT2D eigenvalue weighted by atomic mass is 16.4. The summed E-state index contributed by atoms with van der Waals surface area (Å²) in [6, 6.07) is 6.93. The molecule has 0 saturated heterocycles. The van der Waals surface area contributed by atoms with Gasteiger partial charge in [0, 0.05) is 11.8 Å². The van der Waals surface area contributed by atoms with E-state index in [1.165, 1.54) is 6.08 Å². The fourth-order valence-electron chi connectivity index (χ4n) is 1.29. The molecule has 0 fully saturated rings. The Hall–Kier alpha value is -2.14. The van der Waals surface area contributed by atoms with Crippen LogP contribution >= 0.6 is 0 Å². The van der Waals surface area contributed by atoms with E-state index in [1.807, 2.05) is 6.92 Å². The molecule has 0 spiro atoms. The summed E-state index contributed by atoms with van der Waals surface area (Å²) in [5.74, 6) is -1.09. The van der Waals surface area contributed by atoms with Crippen LogP contribution in [0.5, 0.6) is 0 Å². The monoisotopic (exact) mass is 248 g/mol. The third kappa shape index (κ3) is 5.27. The highest BCUT2D eigenvalue weighted by Crippen LogP contribution is 2.10. The van der Waals surface area contributed by atoms with Crippen LogP contribution in [0.3, 0.4) is 0 Å². The molecule has 96 valence electrons. The molecular formula is C13H16N2O3. The molecule has 0 aliphatic heterocycles. The molecule has 5 nitrogen and oxygen atoms in total. The number of carboxylic acids is 1. The van der Waals surface area contributed by atoms with Crippen LogP contribution in [0.2, 0.25) is 0 Å². The van der Waals surface area contributed by atoms with Crippen LogP contribution in [0.15, 0.2) is 30.3 Å². The van der Waals surface area contributed by atoms with Crippen molar-refractivity contribution in [2.75, 3.05) is 18.4 Å². The fourth-order valence-corrected chi connectivity index (χ4v) is 1.29. The molecule has 3 N–H and O–H groups in total. The van der Waals surface area contributed by atoms with Crippen molar-refractivity contribution in [3.63, 3.8) is 0 Å². The van der Waals surface area contributed by atoms with Crippen LogP contribution in [-0.4, -0.2) is 30.1 Å². The van der Waals surface area contributed by atoms with Gasteiger partial charge in [0.15, 0.2) is 0 Å². The highest BCUT2D eigenvalue weighted by molar-refractivity contribution is 5.92. The summed E-state index contributed by atoms with van der Waals surface area (Å²) in [6.07, 6.45) is 2.56. The van der Waals surface area contributed by atoms with Gasteiger partial charge in [0.05, 0.1) is 6.54 Å². The van der Waals surface area contributed by atoms with E-state index in [2.05, 4.69) is 10.6 Å². The third-order valence-electron chi connectivity index (χ3n) is 2.15. The lowest BCUT2D eigenvalue weighted by atomic mass is 10.2. The first-order valence-electron chi connectivity index (χ1n) is 5.63. The van der Waals surface area contributed by atoms with E-state index in [0.717, 1.165) is 18.2 Å². The van der Waals surface area contributed by atoms with Gasteiger partial charge in [-0.3, -0.25) is 4.79 Å². The standard InChI is InChI=1S/C13H16N2O3/c1-2-14-9-12(16)15-11-6-3-10(4-7-11)5-8-13(17)18/h3-8,14H,2,9H2,1H3,(H,15,16)(H,17,18)/b8-5+. The molecule has 0 aliphatic rings. The Bertz CT molecular complexity index is 438. The number of carboxylic acid groups (broad SMARTS) is 1. The molecule has 1 aromatic carbocycles. The van der Waals surface area contributed by atoms with Gasteiger partial charge in [-0.1, -0.05) is 19.1 Å². The smallest absolute Gasteiger partial charge is 0.328 e. The van der Waals surface area contributed by atoms with Crippen molar-refractivity contribution >= 4 is 23.6 Å². The first kappa shape index (κ1) is 13.9. The van der Waals surface area contributed by atoms with Gasteiger partial charge in [-0.25, -0.2) is 4.79 Å². The zero-order valence-corrected chi connectivity index (χ0v) is 10.1. The normalized spacial score (nSPS) is 10.5. The Balaban J connectivity index is 2.55. The molecule has 0 saturated carbocycles. The number of rotatable bonds is 6. The predicted octanol–water partition coefficient (Wildman–Crippen LogP) is 1.33. The lowest BCUT2D eigenvalue weighted by Crippen LogP contribution is -2.27. The minimum Gasteiger partial charge on any atom is -0.478 e. The van der Waals surface area contributed by atoms with Crippen molar-refractivity contribution in [2.45, 2.75) is 6.92 Å². The zero-order chi connectivity index (χ0) is 13.4. The minimum absolute atomic E-state index is 0.106. The van der Waals surface area contributed by atoms with Crippen LogP contribution in [-0.2, 0) is 9.59 Å². The van der Waals surface area contributed by atoms with E-state index in [9.17, 15) is 9.59 Å². The van der Waals surface area contributed by atoms with Crippen LogP contribution in [0.4, 0.5) is 5.69 Å². The number of carbonyl (C=O) groups is 2. The topological polar surface area (TPSA) is 78.4 Å². The van der Waals surface area contributed by atoms with E-state index in [-0.39, 0.29) is 12.5 Å². The quantitative estimate of drug-likeness (QED) is 0.664. The SMILES string of the molecule is CCNCC(=O)Nc1ccc(/C=C/C(=O)O)cc1. The number of benzene rings is 1. The van der Waals surface area contributed by atoms with Gasteiger partial charge in [0.1, 0.15) is 0 Å². The molecule has 0 aromatic heterocycles. The molecule has 18 heavy (non-hydrogen) atoms. The van der Waals surface area contributed by atoms with Crippen molar-refractivity contribution < 1.29 is 14.7 Å². The average Bonchev–Trinajstić information content (AvgIpc) is 2.35. The van der Waals surface area contributed by atoms with Gasteiger partial charge in [0.2, 0.25) is 5.91 Å². The number of carbonyl (C=O) groups excluding carboxylic acids is 1. The van der Waals surface area contributed by atoms with Crippen LogP contribution < -0.4 is 10.6 Å². The zero-order valence-electron chi connectivity index (χ0n) is 10.1. The Morgan fingerprint density at radius 2 is 1.94 bits per heavy atom. The molecular weight excluding hydrogens is 232 g/mol. The molecule has 0 bridgehead atoms. The first-order valence-corrected chi connectivity index (χ1v) is 5.63. The van der Waals surface area contributed by atoms with E-state index < -0.39 is 5.97 Å². The number of nitrogens with one attached hydrogen (secondary N) is 2. The molecule has 0 atom stereocenters. The van der Waals surface area contributed by atoms with Gasteiger partial charge in [0.25, 0.3) is 0 Å². The Labute approximate surface area is 106 Å². The number of aliphatic carboxylic acids is 1. The average molecular weight is 248 g/mol. The largest absolute Gasteiger partial charge is 0.478 e. The molecule has 1 amide bonds. The number of amides is 1. The molecule has 0 unspecified atom stereocenters. The highest BCUT2D eigenvalue weighted by Gasteiger charge is 2.00. The number of anilines is 1. The maximum atomic E-state index is 11.4. The van der Waals surface area contributed by atoms with Crippen molar-refractivity contribution in [1.82, 2.24) is 5.32 Å². The van der Waals surface area contributed by atoms with Crippen molar-refractivity contribution in [3.05, 3.63) is 35.9 Å². The summed E-state index contributed by atoms with van der Waals surface area (Å²) in [6.45, 7) is 2.94. The Kier molecular flexibility index (Phi) is 5.60. The molecule has 0 aliphatic carbocycles. The molecule has 1 aromatic rings. The molecule has 0 heterocycles. The lowest BCUT2D eigenvalue weighted by Gasteiger charge is -2.05. The summed E-state index contributed by atoms with van der Waals surface area (Å²) >= 11 is 0. The van der Waals surface area contributed by atoms with E-state index >= 15 is 0 Å². The van der Waals surface area contributed by atoms with E-state index in [0.29, 0.717) is 5.69 Å². The van der Waals surface area contributed by atoms with Crippen molar-refractivity contribution in [1.29, 1.82) is 0 Å². The summed E-state index contributed by atoms with van der Waals surface area (Å²) in [5.41, 5.74) is 1.45. The van der Waals surface area contributed by atoms with Crippen LogP contribution in [0.1, 0.15) is 12.5 Å². The maximum absolute atomic E-state index is 11.4. The molecule has 5 heteroatoms. The van der Waals surface area contributed by atoms with Gasteiger partial charge in [-0.05, 0) is 30.3 Å². The van der Waals surface area contributed by atoms with E-state index in [4.69, 9.17) is 5.11 Å². The first-order chi connectivity index (χ1) is 8.61. The van der Waals surface area contributed by atoms with Gasteiger partial charge < -0.3 is 15.7 Å². The summed E-state index contributed by atoms with van der Waals surface area (Å²) < 4.78 is 0. The van der Waals surface area contributed by atoms with Crippen molar-refractivity contribution in [3.8, 4) is 0 Å². The Morgan fingerprint density at radius 1 is 1.28 bits per heavy atom. The van der Waals surface area contributed by atoms with Crippen molar-refractivity contribution in [2.24, 2.45) is 0 Å². The van der Waals surface area contributed by atoms with Crippen LogP contribution in [0.25, 0.3) is 6.08 Å². The van der Waals surface area contributed by atoms with E-state index in [1.54, 1.807) is 24.3 Å². The third-order valence-corrected chi connectivity index (χ3v) is 2.15. The van der Waals surface area contributed by atoms with Gasteiger partial charge in [-0.2, -0.15) is 0 Å². The second kappa shape index (κ2) is 7.24. The summed E-state index contributed by atoms with van der Waals surface area (Å²) in [7, 11) is 0. The number of hydrogen-bond acceptors (Lipinski definition) is 3. The summed E-state index contributed by atoms with van der Waals surface area (Å²) in [5, 5.41) is 14.1. The second-order valence-corrected chi connectivity index (χ2v) is 3.62. The maximum Gasteiger partial charge on any atom is 0.328 e. The molecule has 0 radical (unpaired) electrons. The Morgan fingerprint density at radius 3 is 2.50 bits per heavy atom. The minimum atomic E-state index is -0.988. The second-order valence-electron chi connectivity index (χ2n) is 3.62.